The highest BCUT2D eigenvalue weighted by atomic mass is 16.6. The number of hydrogen-bond acceptors (Lipinski definition) is 4. The maximum absolute atomic E-state index is 12.6. The van der Waals surface area contributed by atoms with Gasteiger partial charge in [-0.25, -0.2) is 4.79 Å². The van der Waals surface area contributed by atoms with Crippen molar-refractivity contribution in [2.75, 3.05) is 18.5 Å². The van der Waals surface area contributed by atoms with Gasteiger partial charge in [0.25, 0.3) is 0 Å². The molecule has 0 aliphatic heterocycles. The number of carbonyl (C=O) groups is 2. The van der Waals surface area contributed by atoms with E-state index in [9.17, 15) is 9.59 Å². The lowest BCUT2D eigenvalue weighted by Crippen LogP contribution is -2.32. The average molecular weight is 499 g/mol. The molecule has 0 bridgehead atoms. The highest BCUT2D eigenvalue weighted by Gasteiger charge is 2.29. The third-order valence-corrected chi connectivity index (χ3v) is 7.94. The Morgan fingerprint density at radius 3 is 2.11 bits per heavy atom. The van der Waals surface area contributed by atoms with Crippen LogP contribution >= 0.6 is 0 Å². The SMILES string of the molecule is CCC(C)(CC)OCCOC(=O)NC1=CC(C)C(Cc2ccc(NC(=O)C(C)(CC)CC)cc2)C=C1. The molecule has 36 heavy (non-hydrogen) atoms. The molecule has 2 amide bonds. The topological polar surface area (TPSA) is 76.7 Å². The summed E-state index contributed by atoms with van der Waals surface area (Å²) in [5.74, 6) is 0.656. The largest absolute Gasteiger partial charge is 0.447 e. The van der Waals surface area contributed by atoms with Gasteiger partial charge in [-0.15, -0.1) is 0 Å². The lowest BCUT2D eigenvalue weighted by molar-refractivity contribution is -0.125. The van der Waals surface area contributed by atoms with Crippen LogP contribution in [0.2, 0.25) is 0 Å². The van der Waals surface area contributed by atoms with Crippen molar-refractivity contribution in [2.45, 2.75) is 86.2 Å². The Balaban J connectivity index is 1.81. The van der Waals surface area contributed by atoms with Gasteiger partial charge in [-0.1, -0.05) is 65.8 Å². The Labute approximate surface area is 217 Å². The van der Waals surface area contributed by atoms with Crippen molar-refractivity contribution in [3.05, 3.63) is 53.8 Å². The number of ether oxygens (including phenoxy) is 2. The van der Waals surface area contributed by atoms with Crippen molar-refractivity contribution < 1.29 is 19.1 Å². The number of allylic oxidation sites excluding steroid dienone is 3. The summed E-state index contributed by atoms with van der Waals surface area (Å²) in [6.45, 7) is 15.1. The molecule has 0 aromatic heterocycles. The van der Waals surface area contributed by atoms with Gasteiger partial charge >= 0.3 is 6.09 Å². The van der Waals surface area contributed by atoms with E-state index in [-0.39, 0.29) is 29.4 Å². The van der Waals surface area contributed by atoms with Crippen LogP contribution in [-0.2, 0) is 20.7 Å². The standard InChI is InChI=1S/C30H46N2O4/c1-8-29(6,9-2)27(33)31-25-15-12-23(13-16-25)21-24-14-17-26(20-22(24)5)32-28(34)35-18-19-36-30(7,10-3)11-4/h12-17,20,22,24H,8-11,18-19,21H2,1-7H3,(H,31,33)(H,32,34). The van der Waals surface area contributed by atoms with Crippen molar-refractivity contribution in [2.24, 2.45) is 17.3 Å². The van der Waals surface area contributed by atoms with Gasteiger partial charge in [0.15, 0.2) is 0 Å². The molecule has 2 rings (SSSR count). The highest BCUT2D eigenvalue weighted by molar-refractivity contribution is 5.95. The highest BCUT2D eigenvalue weighted by Crippen LogP contribution is 2.29. The molecule has 2 atom stereocenters. The first-order valence-corrected chi connectivity index (χ1v) is 13.5. The Kier molecular flexibility index (Phi) is 11.2. The predicted octanol–water partition coefficient (Wildman–Crippen LogP) is 7.02. The first-order chi connectivity index (χ1) is 17.1. The number of anilines is 1. The van der Waals surface area contributed by atoms with Crippen LogP contribution in [0.15, 0.2) is 48.2 Å². The molecular weight excluding hydrogens is 452 g/mol. The molecule has 2 unspecified atom stereocenters. The third-order valence-electron chi connectivity index (χ3n) is 7.94. The summed E-state index contributed by atoms with van der Waals surface area (Å²) >= 11 is 0. The van der Waals surface area contributed by atoms with Gasteiger partial charge in [-0.3, -0.25) is 10.1 Å². The van der Waals surface area contributed by atoms with E-state index >= 15 is 0 Å². The molecule has 1 aliphatic carbocycles. The van der Waals surface area contributed by atoms with E-state index in [1.807, 2.05) is 25.1 Å². The van der Waals surface area contributed by atoms with Gasteiger partial charge in [0, 0.05) is 16.8 Å². The van der Waals surface area contributed by atoms with Crippen molar-refractivity contribution in [3.63, 3.8) is 0 Å². The van der Waals surface area contributed by atoms with E-state index in [0.717, 1.165) is 43.5 Å². The third kappa shape index (κ3) is 8.51. The average Bonchev–Trinajstić information content (AvgIpc) is 2.88. The summed E-state index contributed by atoms with van der Waals surface area (Å²) in [7, 11) is 0. The first kappa shape index (κ1) is 29.6. The molecule has 2 N–H and O–H groups in total. The molecule has 1 aromatic rings. The maximum atomic E-state index is 12.6. The summed E-state index contributed by atoms with van der Waals surface area (Å²) in [6, 6.07) is 8.10. The monoisotopic (exact) mass is 498 g/mol. The fourth-order valence-corrected chi connectivity index (χ4v) is 4.08. The summed E-state index contributed by atoms with van der Waals surface area (Å²) < 4.78 is 11.1. The van der Waals surface area contributed by atoms with Gasteiger partial charge in [-0.2, -0.15) is 0 Å². The fraction of sp³-hybridized carbons (Fsp3) is 0.600. The number of carbonyl (C=O) groups excluding carboxylic acids is 2. The van der Waals surface area contributed by atoms with Gasteiger partial charge in [-0.05, 0) is 74.6 Å². The Bertz CT molecular complexity index is 911. The van der Waals surface area contributed by atoms with Crippen molar-refractivity contribution in [1.29, 1.82) is 0 Å². The Hall–Kier alpha value is -2.60. The summed E-state index contributed by atoms with van der Waals surface area (Å²) in [5, 5.41) is 5.88. The zero-order chi connectivity index (χ0) is 26.8. The van der Waals surface area contributed by atoms with Gasteiger partial charge in [0.1, 0.15) is 6.61 Å². The zero-order valence-corrected chi connectivity index (χ0v) is 23.3. The number of amides is 2. The molecule has 0 spiro atoms. The number of rotatable bonds is 13. The van der Waals surface area contributed by atoms with E-state index < -0.39 is 6.09 Å². The number of alkyl carbamates (subject to hydrolysis) is 1. The fourth-order valence-electron chi connectivity index (χ4n) is 4.08. The number of nitrogens with one attached hydrogen (secondary N) is 2. The molecule has 0 fully saturated rings. The lowest BCUT2D eigenvalue weighted by Gasteiger charge is -2.27. The normalized spacial score (nSPS) is 17.9. The molecule has 1 aromatic carbocycles. The molecule has 0 saturated carbocycles. The van der Waals surface area contributed by atoms with Crippen molar-refractivity contribution in [3.8, 4) is 0 Å². The molecule has 0 heterocycles. The van der Waals surface area contributed by atoms with Crippen LogP contribution in [0.3, 0.4) is 0 Å². The summed E-state index contributed by atoms with van der Waals surface area (Å²) in [4.78, 5) is 24.8. The lowest BCUT2D eigenvalue weighted by atomic mass is 9.83. The van der Waals surface area contributed by atoms with Gasteiger partial charge in [0.05, 0.1) is 12.2 Å². The van der Waals surface area contributed by atoms with Crippen LogP contribution < -0.4 is 10.6 Å². The van der Waals surface area contributed by atoms with Crippen LogP contribution in [0.1, 0.15) is 79.7 Å². The van der Waals surface area contributed by atoms with E-state index in [1.165, 1.54) is 5.56 Å². The minimum absolute atomic E-state index is 0.0701. The number of benzene rings is 1. The second-order valence-corrected chi connectivity index (χ2v) is 10.4. The molecule has 6 nitrogen and oxygen atoms in total. The van der Waals surface area contributed by atoms with Crippen LogP contribution in [-0.4, -0.2) is 30.8 Å². The van der Waals surface area contributed by atoms with E-state index in [0.29, 0.717) is 12.5 Å². The Morgan fingerprint density at radius 1 is 0.917 bits per heavy atom. The number of hydrogen-bond donors (Lipinski definition) is 2. The first-order valence-electron chi connectivity index (χ1n) is 13.5. The molecule has 0 saturated heterocycles. The van der Waals surface area contributed by atoms with Gasteiger partial charge in [0.2, 0.25) is 5.91 Å². The van der Waals surface area contributed by atoms with E-state index in [4.69, 9.17) is 9.47 Å². The predicted molar refractivity (Wildman–Crippen MR) is 147 cm³/mol. The second kappa shape index (κ2) is 13.6. The van der Waals surface area contributed by atoms with Crippen LogP contribution in [0.5, 0.6) is 0 Å². The minimum Gasteiger partial charge on any atom is -0.447 e. The summed E-state index contributed by atoms with van der Waals surface area (Å²) in [5.41, 5.74) is 2.28. The molecule has 1 aliphatic rings. The van der Waals surface area contributed by atoms with E-state index in [1.54, 1.807) is 0 Å². The summed E-state index contributed by atoms with van der Waals surface area (Å²) in [6.07, 6.45) is 10.0. The maximum Gasteiger partial charge on any atom is 0.411 e. The van der Waals surface area contributed by atoms with Crippen LogP contribution in [0, 0.1) is 17.3 Å². The minimum atomic E-state index is -0.463. The zero-order valence-electron chi connectivity index (χ0n) is 23.3. The van der Waals surface area contributed by atoms with Gasteiger partial charge < -0.3 is 14.8 Å². The van der Waals surface area contributed by atoms with Crippen molar-refractivity contribution in [1.82, 2.24) is 5.32 Å². The smallest absolute Gasteiger partial charge is 0.411 e. The van der Waals surface area contributed by atoms with E-state index in [2.05, 4.69) is 76.5 Å². The van der Waals surface area contributed by atoms with Crippen molar-refractivity contribution >= 4 is 17.7 Å². The Morgan fingerprint density at radius 2 is 1.56 bits per heavy atom. The van der Waals surface area contributed by atoms with Crippen LogP contribution in [0.25, 0.3) is 0 Å². The molecular formula is C30H46N2O4. The van der Waals surface area contributed by atoms with Crippen LogP contribution in [0.4, 0.5) is 10.5 Å². The molecule has 6 heteroatoms. The second-order valence-electron chi connectivity index (χ2n) is 10.4. The quantitative estimate of drug-likeness (QED) is 0.287. The molecule has 200 valence electrons. The molecule has 0 radical (unpaired) electrons.